The van der Waals surface area contributed by atoms with E-state index in [0.29, 0.717) is 5.92 Å². The Morgan fingerprint density at radius 3 is 2.47 bits per heavy atom. The lowest BCUT2D eigenvalue weighted by atomic mass is 9.97. The first-order chi connectivity index (χ1) is 8.22. The number of ether oxygens (including phenoxy) is 2. The minimum Gasteiger partial charge on any atom is -0.493 e. The van der Waals surface area contributed by atoms with Gasteiger partial charge in [0.2, 0.25) is 0 Å². The fourth-order valence-corrected chi connectivity index (χ4v) is 1.82. The van der Waals surface area contributed by atoms with Crippen LogP contribution in [0.2, 0.25) is 0 Å². The molecule has 0 radical (unpaired) electrons. The molecule has 1 atom stereocenters. The van der Waals surface area contributed by atoms with Gasteiger partial charge in [-0.25, -0.2) is 0 Å². The maximum Gasteiger partial charge on any atom is 0.160 e. The smallest absolute Gasteiger partial charge is 0.160 e. The zero-order valence-electron chi connectivity index (χ0n) is 11.2. The summed E-state index contributed by atoms with van der Waals surface area (Å²) in [4.78, 5) is 0. The molecule has 1 rings (SSSR count). The average molecular weight is 237 g/mol. The molecule has 1 unspecified atom stereocenters. The molecule has 0 aliphatic heterocycles. The lowest BCUT2D eigenvalue weighted by Gasteiger charge is -2.15. The van der Waals surface area contributed by atoms with Crippen LogP contribution in [0.3, 0.4) is 0 Å². The first-order valence-electron chi connectivity index (χ1n) is 6.15. The van der Waals surface area contributed by atoms with Crippen molar-refractivity contribution < 1.29 is 9.47 Å². The van der Waals surface area contributed by atoms with E-state index >= 15 is 0 Å². The Labute approximate surface area is 104 Å². The van der Waals surface area contributed by atoms with Crippen LogP contribution in [0.25, 0.3) is 0 Å². The van der Waals surface area contributed by atoms with Crippen LogP contribution in [0.5, 0.6) is 11.5 Å². The van der Waals surface area contributed by atoms with Gasteiger partial charge in [-0.05, 0) is 43.1 Å². The summed E-state index contributed by atoms with van der Waals surface area (Å²) in [7, 11) is 3.33. The zero-order chi connectivity index (χ0) is 12.7. The van der Waals surface area contributed by atoms with Crippen molar-refractivity contribution in [2.24, 2.45) is 0 Å². The normalized spacial score (nSPS) is 12.2. The molecule has 0 aromatic heterocycles. The van der Waals surface area contributed by atoms with Gasteiger partial charge in [0.1, 0.15) is 0 Å². The van der Waals surface area contributed by atoms with Gasteiger partial charge < -0.3 is 14.8 Å². The van der Waals surface area contributed by atoms with Gasteiger partial charge in [-0.1, -0.05) is 19.9 Å². The van der Waals surface area contributed by atoms with Crippen LogP contribution in [0.15, 0.2) is 18.2 Å². The largest absolute Gasteiger partial charge is 0.493 e. The summed E-state index contributed by atoms with van der Waals surface area (Å²) in [5, 5.41) is 3.34. The predicted molar refractivity (Wildman–Crippen MR) is 71.1 cm³/mol. The molecule has 1 N–H and O–H groups in total. The van der Waals surface area contributed by atoms with E-state index in [9.17, 15) is 0 Å². The predicted octanol–water partition coefficient (Wildman–Crippen LogP) is 2.81. The summed E-state index contributed by atoms with van der Waals surface area (Å²) < 4.78 is 10.5. The number of hydrogen-bond donors (Lipinski definition) is 1. The molecule has 0 spiro atoms. The summed E-state index contributed by atoms with van der Waals surface area (Å²) in [5.41, 5.74) is 1.29. The second-order valence-corrected chi connectivity index (χ2v) is 4.16. The number of nitrogens with one attached hydrogen (secondary N) is 1. The molecule has 3 nitrogen and oxygen atoms in total. The van der Waals surface area contributed by atoms with Crippen LogP contribution in [-0.4, -0.2) is 27.3 Å². The highest BCUT2D eigenvalue weighted by Crippen LogP contribution is 2.31. The maximum atomic E-state index is 5.31. The number of rotatable bonds is 7. The summed E-state index contributed by atoms with van der Waals surface area (Å²) in [6.45, 7) is 6.43. The lowest BCUT2D eigenvalue weighted by Crippen LogP contribution is -2.15. The van der Waals surface area contributed by atoms with E-state index in [4.69, 9.17) is 9.47 Å². The third kappa shape index (κ3) is 3.93. The standard InChI is InChI=1S/C14H23NO2/c1-5-15-9-8-11(2)12-6-7-13(16-3)14(10-12)17-4/h6-7,10-11,15H,5,8-9H2,1-4H3. The average Bonchev–Trinajstić information content (AvgIpc) is 2.38. The SMILES string of the molecule is CCNCCC(C)c1ccc(OC)c(OC)c1. The maximum absolute atomic E-state index is 5.31. The van der Waals surface area contributed by atoms with E-state index in [1.54, 1.807) is 14.2 Å². The number of hydrogen-bond acceptors (Lipinski definition) is 3. The summed E-state index contributed by atoms with van der Waals surface area (Å²) in [6.07, 6.45) is 1.13. The van der Waals surface area contributed by atoms with Crippen LogP contribution >= 0.6 is 0 Å². The molecular weight excluding hydrogens is 214 g/mol. The highest BCUT2D eigenvalue weighted by atomic mass is 16.5. The molecule has 1 aromatic rings. The molecule has 0 fully saturated rings. The molecular formula is C14H23NO2. The molecule has 0 saturated heterocycles. The first-order valence-corrected chi connectivity index (χ1v) is 6.15. The van der Waals surface area contributed by atoms with Gasteiger partial charge in [0.25, 0.3) is 0 Å². The summed E-state index contributed by atoms with van der Waals surface area (Å²) >= 11 is 0. The van der Waals surface area contributed by atoms with Crippen LogP contribution in [-0.2, 0) is 0 Å². The van der Waals surface area contributed by atoms with Gasteiger partial charge in [0.15, 0.2) is 11.5 Å². The Kier molecular flexibility index (Phi) is 5.84. The monoisotopic (exact) mass is 237 g/mol. The van der Waals surface area contributed by atoms with Crippen molar-refractivity contribution in [1.29, 1.82) is 0 Å². The Morgan fingerprint density at radius 2 is 1.88 bits per heavy atom. The van der Waals surface area contributed by atoms with Crippen molar-refractivity contribution in [2.75, 3.05) is 27.3 Å². The Bertz CT molecular complexity index is 339. The quantitative estimate of drug-likeness (QED) is 0.740. The third-order valence-corrected chi connectivity index (χ3v) is 2.98. The van der Waals surface area contributed by atoms with Gasteiger partial charge in [-0.2, -0.15) is 0 Å². The van der Waals surface area contributed by atoms with Crippen molar-refractivity contribution in [3.8, 4) is 11.5 Å². The van der Waals surface area contributed by atoms with Crippen molar-refractivity contribution >= 4 is 0 Å². The number of methoxy groups -OCH3 is 2. The van der Waals surface area contributed by atoms with Gasteiger partial charge in [-0.3, -0.25) is 0 Å². The molecule has 0 saturated carbocycles. The van der Waals surface area contributed by atoms with Crippen molar-refractivity contribution in [1.82, 2.24) is 5.32 Å². The fraction of sp³-hybridized carbons (Fsp3) is 0.571. The number of benzene rings is 1. The Balaban J connectivity index is 2.70. The third-order valence-electron chi connectivity index (χ3n) is 2.98. The minimum atomic E-state index is 0.522. The van der Waals surface area contributed by atoms with E-state index in [2.05, 4.69) is 31.3 Å². The first kappa shape index (κ1) is 13.8. The molecule has 0 bridgehead atoms. The summed E-state index contributed by atoms with van der Waals surface area (Å²) in [6, 6.07) is 6.14. The van der Waals surface area contributed by atoms with Crippen LogP contribution in [0.1, 0.15) is 31.7 Å². The molecule has 0 heterocycles. The van der Waals surface area contributed by atoms with Gasteiger partial charge in [0.05, 0.1) is 14.2 Å². The van der Waals surface area contributed by atoms with Gasteiger partial charge in [-0.15, -0.1) is 0 Å². The van der Waals surface area contributed by atoms with Gasteiger partial charge in [0, 0.05) is 0 Å². The van der Waals surface area contributed by atoms with Crippen LogP contribution in [0, 0.1) is 0 Å². The van der Waals surface area contributed by atoms with Crippen molar-refractivity contribution in [2.45, 2.75) is 26.2 Å². The van der Waals surface area contributed by atoms with Gasteiger partial charge >= 0.3 is 0 Å². The molecule has 0 amide bonds. The topological polar surface area (TPSA) is 30.5 Å². The fourth-order valence-electron chi connectivity index (χ4n) is 1.82. The Morgan fingerprint density at radius 1 is 1.18 bits per heavy atom. The lowest BCUT2D eigenvalue weighted by molar-refractivity contribution is 0.354. The molecule has 0 aliphatic rings. The van der Waals surface area contributed by atoms with E-state index in [1.165, 1.54) is 5.56 Å². The summed E-state index contributed by atoms with van der Waals surface area (Å²) in [5.74, 6) is 2.12. The molecule has 3 heteroatoms. The minimum absolute atomic E-state index is 0.522. The molecule has 17 heavy (non-hydrogen) atoms. The zero-order valence-corrected chi connectivity index (χ0v) is 11.2. The van der Waals surface area contributed by atoms with E-state index in [-0.39, 0.29) is 0 Å². The van der Waals surface area contributed by atoms with E-state index < -0.39 is 0 Å². The second-order valence-electron chi connectivity index (χ2n) is 4.16. The van der Waals surface area contributed by atoms with E-state index in [0.717, 1.165) is 31.0 Å². The van der Waals surface area contributed by atoms with Crippen molar-refractivity contribution in [3.63, 3.8) is 0 Å². The van der Waals surface area contributed by atoms with Crippen LogP contribution in [0.4, 0.5) is 0 Å². The Hall–Kier alpha value is -1.22. The highest BCUT2D eigenvalue weighted by Gasteiger charge is 2.09. The highest BCUT2D eigenvalue weighted by molar-refractivity contribution is 5.43. The van der Waals surface area contributed by atoms with Crippen molar-refractivity contribution in [3.05, 3.63) is 23.8 Å². The second kappa shape index (κ2) is 7.17. The van der Waals surface area contributed by atoms with E-state index in [1.807, 2.05) is 6.07 Å². The molecule has 0 aliphatic carbocycles. The van der Waals surface area contributed by atoms with Crippen LogP contribution < -0.4 is 14.8 Å². The molecule has 96 valence electrons. The molecule has 1 aromatic carbocycles.